The van der Waals surface area contributed by atoms with Gasteiger partial charge in [0.25, 0.3) is 0 Å². The van der Waals surface area contributed by atoms with Crippen molar-refractivity contribution in [1.82, 2.24) is 5.43 Å². The fraction of sp³-hybridized carbons (Fsp3) is 0.647. The third kappa shape index (κ3) is 3.37. The Kier molecular flexibility index (Phi) is 4.32. The predicted molar refractivity (Wildman–Crippen MR) is 81.7 cm³/mol. The van der Waals surface area contributed by atoms with Gasteiger partial charge in [-0.3, -0.25) is 11.3 Å². The first kappa shape index (κ1) is 14.5. The van der Waals surface area contributed by atoms with Crippen molar-refractivity contribution in [2.75, 3.05) is 0 Å². The number of hydrogen-bond donors (Lipinski definition) is 2. The molecule has 2 rings (SSSR count). The maximum absolute atomic E-state index is 5.86. The summed E-state index contributed by atoms with van der Waals surface area (Å²) in [6.07, 6.45) is 5.16. The molecule has 1 saturated carbocycles. The number of nitrogens with one attached hydrogen (secondary N) is 1. The quantitative estimate of drug-likeness (QED) is 0.636. The third-order valence-electron chi connectivity index (χ3n) is 4.80. The summed E-state index contributed by atoms with van der Waals surface area (Å²) in [6, 6.07) is 7.00. The third-order valence-corrected chi connectivity index (χ3v) is 4.80. The Morgan fingerprint density at radius 1 is 1.21 bits per heavy atom. The molecule has 1 aromatic rings. The summed E-state index contributed by atoms with van der Waals surface area (Å²) in [5, 5.41) is 0. The smallest absolute Gasteiger partial charge is 0.0490 e. The highest BCUT2D eigenvalue weighted by Gasteiger charge is 2.32. The monoisotopic (exact) mass is 260 g/mol. The van der Waals surface area contributed by atoms with Crippen LogP contribution in [0.15, 0.2) is 18.2 Å². The summed E-state index contributed by atoms with van der Waals surface area (Å²) >= 11 is 0. The average molecular weight is 260 g/mol. The average Bonchev–Trinajstić information content (AvgIpc) is 2.34. The standard InChI is InChI=1S/C17H28N2/c1-12-5-6-15(13(2)11-12)16(19-18)14-7-9-17(3,4)10-8-14/h5-6,11,14,16,19H,7-10,18H2,1-4H3. The van der Waals surface area contributed by atoms with Crippen LogP contribution in [0.4, 0.5) is 0 Å². The van der Waals surface area contributed by atoms with Gasteiger partial charge in [0.1, 0.15) is 0 Å². The fourth-order valence-electron chi connectivity index (χ4n) is 3.41. The van der Waals surface area contributed by atoms with Crippen LogP contribution < -0.4 is 11.3 Å². The highest BCUT2D eigenvalue weighted by Crippen LogP contribution is 2.42. The Balaban J connectivity index is 2.16. The molecule has 1 aliphatic carbocycles. The van der Waals surface area contributed by atoms with Gasteiger partial charge in [-0.05, 0) is 62.0 Å². The summed E-state index contributed by atoms with van der Waals surface area (Å²) in [4.78, 5) is 0. The largest absolute Gasteiger partial charge is 0.271 e. The molecule has 0 bridgehead atoms. The van der Waals surface area contributed by atoms with Crippen LogP contribution in [0.3, 0.4) is 0 Å². The lowest BCUT2D eigenvalue weighted by Gasteiger charge is -2.38. The van der Waals surface area contributed by atoms with E-state index in [4.69, 9.17) is 5.84 Å². The lowest BCUT2D eigenvalue weighted by atomic mass is 9.70. The Labute approximate surface area is 117 Å². The van der Waals surface area contributed by atoms with Gasteiger partial charge in [-0.25, -0.2) is 0 Å². The predicted octanol–water partition coefficient (Wildman–Crippen LogP) is 4.02. The van der Waals surface area contributed by atoms with Gasteiger partial charge in [-0.15, -0.1) is 0 Å². The van der Waals surface area contributed by atoms with Crippen LogP contribution in [0.1, 0.15) is 62.3 Å². The zero-order valence-corrected chi connectivity index (χ0v) is 12.8. The van der Waals surface area contributed by atoms with Crippen LogP contribution in [0.2, 0.25) is 0 Å². The van der Waals surface area contributed by atoms with E-state index in [0.717, 1.165) is 0 Å². The summed E-state index contributed by atoms with van der Waals surface area (Å²) in [6.45, 7) is 9.10. The number of hydrogen-bond acceptors (Lipinski definition) is 2. The number of aryl methyl sites for hydroxylation is 2. The first-order valence-electron chi connectivity index (χ1n) is 7.46. The maximum Gasteiger partial charge on any atom is 0.0490 e. The van der Waals surface area contributed by atoms with Gasteiger partial charge >= 0.3 is 0 Å². The normalized spacial score (nSPS) is 21.3. The molecule has 0 radical (unpaired) electrons. The molecule has 106 valence electrons. The SMILES string of the molecule is Cc1ccc(C(NN)C2CCC(C)(C)CC2)c(C)c1. The first-order valence-corrected chi connectivity index (χ1v) is 7.46. The summed E-state index contributed by atoms with van der Waals surface area (Å²) in [5.74, 6) is 6.53. The Hall–Kier alpha value is -0.860. The van der Waals surface area contributed by atoms with Gasteiger partial charge in [0.2, 0.25) is 0 Å². The Morgan fingerprint density at radius 2 is 1.84 bits per heavy atom. The van der Waals surface area contributed by atoms with Crippen molar-refractivity contribution in [3.05, 3.63) is 34.9 Å². The zero-order valence-electron chi connectivity index (χ0n) is 12.8. The minimum absolute atomic E-state index is 0.302. The van der Waals surface area contributed by atoms with Crippen molar-refractivity contribution in [2.45, 2.75) is 59.4 Å². The van der Waals surface area contributed by atoms with E-state index in [9.17, 15) is 0 Å². The van der Waals surface area contributed by atoms with Gasteiger partial charge in [-0.1, -0.05) is 37.6 Å². The van der Waals surface area contributed by atoms with Crippen LogP contribution in [-0.4, -0.2) is 0 Å². The van der Waals surface area contributed by atoms with Gasteiger partial charge in [0.15, 0.2) is 0 Å². The second kappa shape index (κ2) is 5.64. The van der Waals surface area contributed by atoms with Crippen molar-refractivity contribution in [3.8, 4) is 0 Å². The summed E-state index contributed by atoms with van der Waals surface area (Å²) in [7, 11) is 0. The lowest BCUT2D eigenvalue weighted by molar-refractivity contribution is 0.161. The summed E-state index contributed by atoms with van der Waals surface area (Å²) in [5.41, 5.74) is 7.64. The van der Waals surface area contributed by atoms with E-state index in [1.54, 1.807) is 0 Å². The van der Waals surface area contributed by atoms with Crippen molar-refractivity contribution in [3.63, 3.8) is 0 Å². The Morgan fingerprint density at radius 3 is 2.37 bits per heavy atom. The highest BCUT2D eigenvalue weighted by molar-refractivity contribution is 5.33. The van der Waals surface area contributed by atoms with E-state index in [-0.39, 0.29) is 0 Å². The van der Waals surface area contributed by atoms with Gasteiger partial charge in [0, 0.05) is 6.04 Å². The van der Waals surface area contributed by atoms with E-state index in [2.05, 4.69) is 51.3 Å². The molecule has 19 heavy (non-hydrogen) atoms. The minimum Gasteiger partial charge on any atom is -0.271 e. The maximum atomic E-state index is 5.86. The van der Waals surface area contributed by atoms with Crippen LogP contribution in [0, 0.1) is 25.2 Å². The second-order valence-electron chi connectivity index (χ2n) is 7.01. The molecule has 3 N–H and O–H groups in total. The Bertz CT molecular complexity index is 427. The molecule has 0 heterocycles. The summed E-state index contributed by atoms with van der Waals surface area (Å²) < 4.78 is 0. The van der Waals surface area contributed by atoms with Crippen LogP contribution in [0.5, 0.6) is 0 Å². The molecule has 0 amide bonds. The van der Waals surface area contributed by atoms with E-state index < -0.39 is 0 Å². The fourth-order valence-corrected chi connectivity index (χ4v) is 3.41. The van der Waals surface area contributed by atoms with Crippen LogP contribution >= 0.6 is 0 Å². The second-order valence-corrected chi connectivity index (χ2v) is 7.01. The zero-order chi connectivity index (χ0) is 14.0. The van der Waals surface area contributed by atoms with Crippen molar-refractivity contribution < 1.29 is 0 Å². The number of nitrogens with two attached hydrogens (primary N) is 1. The van der Waals surface area contributed by atoms with Crippen LogP contribution in [0.25, 0.3) is 0 Å². The van der Waals surface area contributed by atoms with E-state index in [1.165, 1.54) is 42.4 Å². The van der Waals surface area contributed by atoms with Crippen molar-refractivity contribution in [2.24, 2.45) is 17.2 Å². The molecule has 0 aliphatic heterocycles. The van der Waals surface area contributed by atoms with Crippen molar-refractivity contribution in [1.29, 1.82) is 0 Å². The molecule has 1 unspecified atom stereocenters. The van der Waals surface area contributed by atoms with Crippen LogP contribution in [-0.2, 0) is 0 Å². The number of hydrazine groups is 1. The van der Waals surface area contributed by atoms with Crippen molar-refractivity contribution >= 4 is 0 Å². The number of benzene rings is 1. The molecule has 2 nitrogen and oxygen atoms in total. The molecule has 2 heteroatoms. The topological polar surface area (TPSA) is 38.0 Å². The molecular weight excluding hydrogens is 232 g/mol. The molecule has 1 atom stereocenters. The van der Waals surface area contributed by atoms with E-state index in [0.29, 0.717) is 17.4 Å². The van der Waals surface area contributed by atoms with E-state index >= 15 is 0 Å². The minimum atomic E-state index is 0.302. The van der Waals surface area contributed by atoms with Gasteiger partial charge in [0.05, 0.1) is 0 Å². The molecule has 1 aliphatic rings. The molecule has 0 spiro atoms. The molecule has 0 saturated heterocycles. The molecule has 1 fully saturated rings. The van der Waals surface area contributed by atoms with Gasteiger partial charge < -0.3 is 0 Å². The number of rotatable bonds is 3. The highest BCUT2D eigenvalue weighted by atomic mass is 15.2. The molecule has 0 aromatic heterocycles. The molecule has 1 aromatic carbocycles. The molecular formula is C17H28N2. The van der Waals surface area contributed by atoms with E-state index in [1.807, 2.05) is 0 Å². The first-order chi connectivity index (χ1) is 8.93. The van der Waals surface area contributed by atoms with Gasteiger partial charge in [-0.2, -0.15) is 0 Å². The lowest BCUT2D eigenvalue weighted by Crippen LogP contribution is -2.37.